The highest BCUT2D eigenvalue weighted by atomic mass is 32.2. The maximum absolute atomic E-state index is 11.7. The molecule has 0 amide bonds. The van der Waals surface area contributed by atoms with Gasteiger partial charge in [-0.2, -0.15) is 0 Å². The Kier molecular flexibility index (Phi) is 3.57. The van der Waals surface area contributed by atoms with Gasteiger partial charge in [0.05, 0.1) is 12.5 Å². The molecular formula is C9H16N4O2S. The van der Waals surface area contributed by atoms with Crippen LogP contribution in [-0.4, -0.2) is 37.5 Å². The Labute approximate surface area is 94.9 Å². The second-order valence-electron chi connectivity index (χ2n) is 3.90. The van der Waals surface area contributed by atoms with Gasteiger partial charge < -0.3 is 10.3 Å². The van der Waals surface area contributed by atoms with Gasteiger partial charge in [-0.05, 0) is 25.8 Å². The summed E-state index contributed by atoms with van der Waals surface area (Å²) in [6.45, 7) is 1.50. The molecule has 16 heavy (non-hydrogen) atoms. The zero-order valence-electron chi connectivity index (χ0n) is 8.94. The maximum Gasteiger partial charge on any atom is 0.257 e. The van der Waals surface area contributed by atoms with Crippen molar-refractivity contribution in [2.24, 2.45) is 0 Å². The van der Waals surface area contributed by atoms with Crippen LogP contribution in [0.2, 0.25) is 0 Å². The molecule has 0 aliphatic carbocycles. The minimum atomic E-state index is -3.40. The molecule has 2 rings (SSSR count). The third-order valence-corrected chi connectivity index (χ3v) is 4.10. The monoisotopic (exact) mass is 244 g/mol. The number of imidazole rings is 1. The van der Waals surface area contributed by atoms with Gasteiger partial charge in [-0.3, -0.25) is 0 Å². The van der Waals surface area contributed by atoms with Gasteiger partial charge >= 0.3 is 0 Å². The van der Waals surface area contributed by atoms with E-state index in [0.29, 0.717) is 12.6 Å². The second kappa shape index (κ2) is 4.94. The van der Waals surface area contributed by atoms with Gasteiger partial charge in [0, 0.05) is 12.6 Å². The third kappa shape index (κ3) is 2.81. The van der Waals surface area contributed by atoms with E-state index in [2.05, 4.69) is 20.0 Å². The summed E-state index contributed by atoms with van der Waals surface area (Å²) in [5, 5.41) is 3.44. The van der Waals surface area contributed by atoms with Crippen LogP contribution < -0.4 is 10.0 Å². The molecule has 3 N–H and O–H groups in total. The Morgan fingerprint density at radius 3 is 3.06 bits per heavy atom. The molecule has 2 heterocycles. The molecule has 1 aliphatic heterocycles. The SMILES string of the molecule is O=S(=O)(NCC[C@H]1CCCN1)c1cnc[nH]1. The topological polar surface area (TPSA) is 86.9 Å². The molecule has 0 bridgehead atoms. The molecule has 7 heteroatoms. The van der Waals surface area contributed by atoms with E-state index in [4.69, 9.17) is 0 Å². The van der Waals surface area contributed by atoms with Gasteiger partial charge in [-0.15, -0.1) is 0 Å². The Hall–Kier alpha value is -0.920. The molecule has 1 aromatic heterocycles. The van der Waals surface area contributed by atoms with E-state index in [1.807, 2.05) is 0 Å². The molecule has 0 unspecified atom stereocenters. The number of nitrogens with one attached hydrogen (secondary N) is 3. The lowest BCUT2D eigenvalue weighted by Crippen LogP contribution is -2.30. The van der Waals surface area contributed by atoms with Crippen molar-refractivity contribution in [2.75, 3.05) is 13.1 Å². The highest BCUT2D eigenvalue weighted by molar-refractivity contribution is 7.89. The molecule has 1 saturated heterocycles. The lowest BCUT2D eigenvalue weighted by molar-refractivity contribution is 0.538. The van der Waals surface area contributed by atoms with Crippen LogP contribution in [0.1, 0.15) is 19.3 Å². The summed E-state index contributed by atoms with van der Waals surface area (Å²) in [6, 6.07) is 0.449. The summed E-state index contributed by atoms with van der Waals surface area (Å²) in [5.41, 5.74) is 0. The molecular weight excluding hydrogens is 228 g/mol. The summed E-state index contributed by atoms with van der Waals surface area (Å²) in [4.78, 5) is 6.27. The number of H-pyrrole nitrogens is 1. The lowest BCUT2D eigenvalue weighted by atomic mass is 10.2. The molecule has 1 fully saturated rings. The predicted molar refractivity (Wildman–Crippen MR) is 59.4 cm³/mol. The maximum atomic E-state index is 11.7. The quantitative estimate of drug-likeness (QED) is 0.671. The fourth-order valence-electron chi connectivity index (χ4n) is 1.84. The van der Waals surface area contributed by atoms with Crippen LogP contribution in [-0.2, 0) is 10.0 Å². The number of aromatic amines is 1. The van der Waals surface area contributed by atoms with E-state index < -0.39 is 10.0 Å². The van der Waals surface area contributed by atoms with Crippen molar-refractivity contribution in [3.8, 4) is 0 Å². The number of hydrogen-bond donors (Lipinski definition) is 3. The van der Waals surface area contributed by atoms with Crippen molar-refractivity contribution in [3.63, 3.8) is 0 Å². The number of hydrogen-bond acceptors (Lipinski definition) is 4. The van der Waals surface area contributed by atoms with E-state index in [9.17, 15) is 8.42 Å². The van der Waals surface area contributed by atoms with E-state index in [-0.39, 0.29) is 5.03 Å². The largest absolute Gasteiger partial charge is 0.335 e. The smallest absolute Gasteiger partial charge is 0.257 e. The summed E-state index contributed by atoms with van der Waals surface area (Å²) in [7, 11) is -3.40. The molecule has 1 aromatic rings. The molecule has 1 aliphatic rings. The van der Waals surface area contributed by atoms with Gasteiger partial charge in [0.25, 0.3) is 10.0 Å². The standard InChI is InChI=1S/C9H16N4O2S/c14-16(15,9-6-10-7-12-9)13-5-3-8-2-1-4-11-8/h6-8,11,13H,1-5H2,(H,10,12)/t8-/m1/s1. The molecule has 0 radical (unpaired) electrons. The molecule has 0 saturated carbocycles. The predicted octanol–water partition coefficient (Wildman–Crippen LogP) is -0.170. The van der Waals surface area contributed by atoms with Crippen LogP contribution in [0, 0.1) is 0 Å². The fraction of sp³-hybridized carbons (Fsp3) is 0.667. The van der Waals surface area contributed by atoms with Crippen molar-refractivity contribution in [1.29, 1.82) is 0 Å². The summed E-state index contributed by atoms with van der Waals surface area (Å²) < 4.78 is 25.9. The highest BCUT2D eigenvalue weighted by Crippen LogP contribution is 2.08. The number of sulfonamides is 1. The number of aromatic nitrogens is 2. The lowest BCUT2D eigenvalue weighted by Gasteiger charge is -2.10. The Bertz CT molecular complexity index is 409. The van der Waals surface area contributed by atoms with Crippen molar-refractivity contribution in [2.45, 2.75) is 30.3 Å². The molecule has 0 aromatic carbocycles. The average molecular weight is 244 g/mol. The van der Waals surface area contributed by atoms with Crippen LogP contribution in [0.3, 0.4) is 0 Å². The Morgan fingerprint density at radius 2 is 2.44 bits per heavy atom. The van der Waals surface area contributed by atoms with Crippen molar-refractivity contribution in [3.05, 3.63) is 12.5 Å². The molecule has 90 valence electrons. The van der Waals surface area contributed by atoms with Crippen LogP contribution in [0.5, 0.6) is 0 Å². The molecule has 0 spiro atoms. The van der Waals surface area contributed by atoms with Gasteiger partial charge in [0.15, 0.2) is 5.03 Å². The van der Waals surface area contributed by atoms with Crippen LogP contribution in [0.25, 0.3) is 0 Å². The average Bonchev–Trinajstić information content (AvgIpc) is 2.90. The van der Waals surface area contributed by atoms with Gasteiger partial charge in [-0.25, -0.2) is 18.1 Å². The summed E-state index contributed by atoms with van der Waals surface area (Å²) in [6.07, 6.45) is 5.79. The number of rotatable bonds is 5. The van der Waals surface area contributed by atoms with Crippen LogP contribution in [0.15, 0.2) is 17.6 Å². The fourth-order valence-corrected chi connectivity index (χ4v) is 2.79. The van der Waals surface area contributed by atoms with Crippen molar-refractivity contribution < 1.29 is 8.42 Å². The normalized spacial score (nSPS) is 21.4. The van der Waals surface area contributed by atoms with Gasteiger partial charge in [0.1, 0.15) is 0 Å². The van der Waals surface area contributed by atoms with E-state index in [0.717, 1.165) is 19.4 Å². The molecule has 1 atom stereocenters. The first-order valence-corrected chi connectivity index (χ1v) is 6.88. The zero-order chi connectivity index (χ0) is 11.4. The van der Waals surface area contributed by atoms with Gasteiger partial charge in [-0.1, -0.05) is 0 Å². The first-order chi connectivity index (χ1) is 7.68. The first kappa shape index (κ1) is 11.6. The van der Waals surface area contributed by atoms with Gasteiger partial charge in [0.2, 0.25) is 0 Å². The summed E-state index contributed by atoms with van der Waals surface area (Å²) in [5.74, 6) is 0. The Balaban J connectivity index is 1.81. The minimum absolute atomic E-state index is 0.117. The van der Waals surface area contributed by atoms with Crippen molar-refractivity contribution >= 4 is 10.0 Å². The highest BCUT2D eigenvalue weighted by Gasteiger charge is 2.17. The summed E-state index contributed by atoms with van der Waals surface area (Å²) >= 11 is 0. The van der Waals surface area contributed by atoms with E-state index >= 15 is 0 Å². The minimum Gasteiger partial charge on any atom is -0.335 e. The van der Waals surface area contributed by atoms with E-state index in [1.54, 1.807) is 0 Å². The third-order valence-electron chi connectivity index (χ3n) is 2.71. The second-order valence-corrected chi connectivity index (χ2v) is 5.63. The van der Waals surface area contributed by atoms with Crippen LogP contribution >= 0.6 is 0 Å². The van der Waals surface area contributed by atoms with Crippen molar-refractivity contribution in [1.82, 2.24) is 20.0 Å². The first-order valence-electron chi connectivity index (χ1n) is 5.40. The zero-order valence-corrected chi connectivity index (χ0v) is 9.76. The Morgan fingerprint density at radius 1 is 1.56 bits per heavy atom. The van der Waals surface area contributed by atoms with Crippen LogP contribution in [0.4, 0.5) is 0 Å². The number of nitrogens with zero attached hydrogens (tertiary/aromatic N) is 1. The molecule has 6 nitrogen and oxygen atoms in total. The van der Waals surface area contributed by atoms with E-state index in [1.165, 1.54) is 18.9 Å².